The Morgan fingerprint density at radius 3 is 1.35 bits per heavy atom. The predicted molar refractivity (Wildman–Crippen MR) is 183 cm³/mol. The lowest BCUT2D eigenvalue weighted by atomic mass is 10.1. The summed E-state index contributed by atoms with van der Waals surface area (Å²) < 4.78 is 0. The first-order valence-electron chi connectivity index (χ1n) is 14.7. The van der Waals surface area contributed by atoms with Gasteiger partial charge in [0, 0.05) is 22.3 Å². The molecule has 5 aromatic carbocycles. The highest BCUT2D eigenvalue weighted by molar-refractivity contribution is 6.55. The van der Waals surface area contributed by atoms with Gasteiger partial charge in [-0.25, -0.2) is 9.98 Å². The van der Waals surface area contributed by atoms with E-state index in [0.29, 0.717) is 47.0 Å². The lowest BCUT2D eigenvalue weighted by molar-refractivity contribution is -0.113. The number of para-hydroxylation sites is 2. The van der Waals surface area contributed by atoms with E-state index in [1.807, 2.05) is 109 Å². The molecule has 2 aliphatic heterocycles. The molecule has 2 amide bonds. The molecule has 0 radical (unpaired) electrons. The number of nitrogens with zero attached hydrogens (tertiary/aromatic N) is 4. The van der Waals surface area contributed by atoms with Gasteiger partial charge in [-0.3, -0.25) is 9.59 Å². The standard InChI is InChI=1S/C40H26N4O2/c1-3-27-11-9-13-31(23-27)41-37-33-15-5-7-17-35(33)43(39(37)45)25-29-19-21-30(22-20-29)26-44-36-18-8-6-16-34(36)38(40(44)46)42-32-14-10-12-28(4-2)24-32/h1-2,5-24H,25-26H2. The fourth-order valence-electron chi connectivity index (χ4n) is 5.76. The number of benzene rings is 5. The van der Waals surface area contributed by atoms with Crippen LogP contribution in [-0.2, 0) is 22.7 Å². The van der Waals surface area contributed by atoms with E-state index in [1.165, 1.54) is 0 Å². The first-order valence-corrected chi connectivity index (χ1v) is 14.7. The Hall–Kier alpha value is -6.50. The maximum absolute atomic E-state index is 13.7. The van der Waals surface area contributed by atoms with E-state index in [4.69, 9.17) is 22.8 Å². The summed E-state index contributed by atoms with van der Waals surface area (Å²) in [6.07, 6.45) is 11.1. The summed E-state index contributed by atoms with van der Waals surface area (Å²) in [4.78, 5) is 40.2. The number of hydrogen-bond donors (Lipinski definition) is 0. The molecule has 0 unspecified atom stereocenters. The van der Waals surface area contributed by atoms with Gasteiger partial charge >= 0.3 is 0 Å². The first kappa shape index (κ1) is 28.3. The van der Waals surface area contributed by atoms with Crippen molar-refractivity contribution in [2.24, 2.45) is 9.98 Å². The monoisotopic (exact) mass is 594 g/mol. The van der Waals surface area contributed by atoms with Crippen molar-refractivity contribution in [3.8, 4) is 24.7 Å². The quantitative estimate of drug-likeness (QED) is 0.199. The molecule has 218 valence electrons. The van der Waals surface area contributed by atoms with Crippen molar-refractivity contribution in [3.63, 3.8) is 0 Å². The van der Waals surface area contributed by atoms with Gasteiger partial charge in [0.1, 0.15) is 11.4 Å². The van der Waals surface area contributed by atoms with Crippen LogP contribution in [0.4, 0.5) is 22.7 Å². The minimum atomic E-state index is -0.171. The van der Waals surface area contributed by atoms with Crippen LogP contribution in [0.3, 0.4) is 0 Å². The molecule has 0 saturated heterocycles. The average molecular weight is 595 g/mol. The molecule has 46 heavy (non-hydrogen) atoms. The second-order valence-corrected chi connectivity index (χ2v) is 10.9. The molecule has 0 aliphatic carbocycles. The van der Waals surface area contributed by atoms with Gasteiger partial charge in [-0.15, -0.1) is 12.8 Å². The van der Waals surface area contributed by atoms with Gasteiger partial charge in [0.2, 0.25) is 0 Å². The van der Waals surface area contributed by atoms with Crippen LogP contribution in [0.2, 0.25) is 0 Å². The topological polar surface area (TPSA) is 65.3 Å². The van der Waals surface area contributed by atoms with Crippen LogP contribution in [0.5, 0.6) is 0 Å². The van der Waals surface area contributed by atoms with Crippen molar-refractivity contribution < 1.29 is 9.59 Å². The third-order valence-corrected chi connectivity index (χ3v) is 8.01. The number of anilines is 2. The highest BCUT2D eigenvalue weighted by Gasteiger charge is 2.35. The number of terminal acetylenes is 2. The lowest BCUT2D eigenvalue weighted by Gasteiger charge is -2.19. The van der Waals surface area contributed by atoms with Crippen LogP contribution in [0.15, 0.2) is 131 Å². The Labute approximate surface area is 267 Å². The summed E-state index contributed by atoms with van der Waals surface area (Å²) >= 11 is 0. The van der Waals surface area contributed by atoms with E-state index in [2.05, 4.69) is 11.8 Å². The largest absolute Gasteiger partial charge is 0.302 e. The molecule has 5 aromatic rings. The molecule has 0 atom stereocenters. The van der Waals surface area contributed by atoms with Crippen molar-refractivity contribution in [1.29, 1.82) is 0 Å². The summed E-state index contributed by atoms with van der Waals surface area (Å²) in [5.74, 6) is 4.89. The number of aliphatic imine (C=N–C) groups is 2. The van der Waals surface area contributed by atoms with Gasteiger partial charge in [0.15, 0.2) is 0 Å². The van der Waals surface area contributed by atoms with E-state index in [9.17, 15) is 9.59 Å². The maximum Gasteiger partial charge on any atom is 0.277 e. The van der Waals surface area contributed by atoms with Crippen LogP contribution in [0.1, 0.15) is 33.4 Å². The average Bonchev–Trinajstić information content (AvgIpc) is 3.51. The molecule has 0 bridgehead atoms. The summed E-state index contributed by atoms with van der Waals surface area (Å²) in [7, 11) is 0. The van der Waals surface area contributed by atoms with E-state index < -0.39 is 0 Å². The predicted octanol–water partition coefficient (Wildman–Crippen LogP) is 6.98. The number of amides is 2. The second kappa shape index (κ2) is 11.9. The van der Waals surface area contributed by atoms with Gasteiger partial charge in [-0.1, -0.05) is 84.6 Å². The van der Waals surface area contributed by atoms with Crippen molar-refractivity contribution in [2.75, 3.05) is 9.80 Å². The summed E-state index contributed by atoms with van der Waals surface area (Å²) in [6, 6.07) is 37.9. The Kier molecular flexibility index (Phi) is 7.31. The van der Waals surface area contributed by atoms with Gasteiger partial charge < -0.3 is 9.80 Å². The molecule has 0 fully saturated rings. The third-order valence-electron chi connectivity index (χ3n) is 8.01. The Morgan fingerprint density at radius 2 is 0.935 bits per heavy atom. The molecule has 2 heterocycles. The lowest BCUT2D eigenvalue weighted by Crippen LogP contribution is -2.30. The minimum absolute atomic E-state index is 0.171. The zero-order valence-corrected chi connectivity index (χ0v) is 24.7. The molecule has 0 spiro atoms. The van der Waals surface area contributed by atoms with E-state index >= 15 is 0 Å². The molecule has 0 aromatic heterocycles. The van der Waals surface area contributed by atoms with Crippen molar-refractivity contribution >= 4 is 46.0 Å². The number of carbonyl (C=O) groups excluding carboxylic acids is 2. The van der Waals surface area contributed by atoms with Crippen LogP contribution in [0.25, 0.3) is 0 Å². The van der Waals surface area contributed by atoms with Crippen molar-refractivity contribution in [2.45, 2.75) is 13.1 Å². The molecule has 2 aliphatic rings. The molecule has 6 heteroatoms. The molecule has 6 nitrogen and oxygen atoms in total. The normalized spacial score (nSPS) is 15.2. The number of rotatable bonds is 6. The van der Waals surface area contributed by atoms with Crippen LogP contribution >= 0.6 is 0 Å². The summed E-state index contributed by atoms with van der Waals surface area (Å²) in [5, 5.41) is 0. The van der Waals surface area contributed by atoms with Crippen LogP contribution in [0, 0.1) is 24.7 Å². The number of fused-ring (bicyclic) bond motifs is 2. The molecule has 0 N–H and O–H groups in total. The maximum atomic E-state index is 13.7. The zero-order chi connectivity index (χ0) is 31.6. The summed E-state index contributed by atoms with van der Waals surface area (Å²) in [5.41, 5.74) is 8.52. The zero-order valence-electron chi connectivity index (χ0n) is 24.7. The first-order chi connectivity index (χ1) is 22.5. The molecular weight excluding hydrogens is 568 g/mol. The van der Waals surface area contributed by atoms with Crippen LogP contribution in [-0.4, -0.2) is 23.2 Å². The van der Waals surface area contributed by atoms with Crippen molar-refractivity contribution in [1.82, 2.24) is 0 Å². The van der Waals surface area contributed by atoms with E-state index in [1.54, 1.807) is 21.9 Å². The Bertz CT molecular complexity index is 2020. The fourth-order valence-corrected chi connectivity index (χ4v) is 5.76. The highest BCUT2D eigenvalue weighted by Crippen LogP contribution is 2.34. The third kappa shape index (κ3) is 5.26. The van der Waals surface area contributed by atoms with E-state index in [0.717, 1.165) is 33.6 Å². The molecular formula is C40H26N4O2. The van der Waals surface area contributed by atoms with Crippen molar-refractivity contribution in [3.05, 3.63) is 155 Å². The Balaban J connectivity index is 1.12. The van der Waals surface area contributed by atoms with Gasteiger partial charge in [0.25, 0.3) is 11.8 Å². The van der Waals surface area contributed by atoms with Crippen LogP contribution < -0.4 is 9.80 Å². The summed E-state index contributed by atoms with van der Waals surface area (Å²) in [6.45, 7) is 0.747. The van der Waals surface area contributed by atoms with Gasteiger partial charge in [0.05, 0.1) is 35.8 Å². The van der Waals surface area contributed by atoms with Gasteiger partial charge in [-0.2, -0.15) is 0 Å². The second-order valence-electron chi connectivity index (χ2n) is 10.9. The number of carbonyl (C=O) groups is 2. The van der Waals surface area contributed by atoms with Gasteiger partial charge in [-0.05, 0) is 59.7 Å². The fraction of sp³-hybridized carbons (Fsp3) is 0.0500. The molecule has 0 saturated carbocycles. The highest BCUT2D eigenvalue weighted by atomic mass is 16.2. The van der Waals surface area contributed by atoms with E-state index in [-0.39, 0.29) is 11.8 Å². The minimum Gasteiger partial charge on any atom is -0.302 e. The Morgan fingerprint density at radius 1 is 0.522 bits per heavy atom. The SMILES string of the molecule is C#Cc1cccc(N=C2C(=O)N(Cc3ccc(CN4C(=O)C(=Nc5cccc(C#C)c5)c5ccccc54)cc3)c3ccccc32)c1. The smallest absolute Gasteiger partial charge is 0.277 e. The number of hydrogen-bond acceptors (Lipinski definition) is 4. The molecule has 7 rings (SSSR count).